The second kappa shape index (κ2) is 7.13. The van der Waals surface area contributed by atoms with E-state index in [9.17, 15) is 9.90 Å². The highest BCUT2D eigenvalue weighted by Gasteiger charge is 2.42. The fraction of sp³-hybridized carbons (Fsp3) is 0.333. The van der Waals surface area contributed by atoms with Crippen LogP contribution in [0.15, 0.2) is 48.5 Å². The zero-order valence-electron chi connectivity index (χ0n) is 15.3. The molecule has 1 aliphatic rings. The van der Waals surface area contributed by atoms with Gasteiger partial charge in [-0.1, -0.05) is 36.4 Å². The first-order valence-corrected chi connectivity index (χ1v) is 9.27. The van der Waals surface area contributed by atoms with Crippen LogP contribution < -0.4 is 10.6 Å². The van der Waals surface area contributed by atoms with Gasteiger partial charge in [-0.3, -0.25) is 4.79 Å². The number of piperidine rings is 1. The van der Waals surface area contributed by atoms with E-state index in [2.05, 4.69) is 20.6 Å². The minimum atomic E-state index is -0.766. The van der Waals surface area contributed by atoms with Crippen LogP contribution in [0.3, 0.4) is 0 Å². The van der Waals surface area contributed by atoms with E-state index < -0.39 is 11.6 Å². The van der Waals surface area contributed by atoms with Crippen LogP contribution in [0.2, 0.25) is 0 Å². The number of aliphatic hydroxyl groups excluding tert-OH is 1. The first-order chi connectivity index (χ1) is 13.1. The molecule has 0 bridgehead atoms. The molecule has 6 nitrogen and oxygen atoms in total. The molecule has 1 fully saturated rings. The lowest BCUT2D eigenvalue weighted by Gasteiger charge is -2.43. The van der Waals surface area contributed by atoms with Crippen LogP contribution >= 0.6 is 0 Å². The minimum absolute atomic E-state index is 0.101. The number of hydrogen-bond acceptors (Lipinski definition) is 4. The van der Waals surface area contributed by atoms with Crippen LogP contribution in [0.1, 0.15) is 23.4 Å². The molecule has 0 saturated carbocycles. The number of imidazole rings is 1. The quantitative estimate of drug-likeness (QED) is 0.568. The molecule has 27 heavy (non-hydrogen) atoms. The topological polar surface area (TPSA) is 90.0 Å². The van der Waals surface area contributed by atoms with Gasteiger partial charge in [0.05, 0.1) is 29.1 Å². The second-order valence-corrected chi connectivity index (χ2v) is 7.21. The van der Waals surface area contributed by atoms with Gasteiger partial charge >= 0.3 is 0 Å². The molecule has 0 aliphatic carbocycles. The highest BCUT2D eigenvalue weighted by Crippen LogP contribution is 2.31. The Morgan fingerprint density at radius 1 is 1.30 bits per heavy atom. The summed E-state index contributed by atoms with van der Waals surface area (Å²) in [5, 5.41) is 17.1. The number of aromatic amines is 1. The highest BCUT2D eigenvalue weighted by atomic mass is 16.3. The molecule has 0 radical (unpaired) electrons. The van der Waals surface area contributed by atoms with Crippen LogP contribution in [-0.2, 0) is 16.8 Å². The Kier molecular flexibility index (Phi) is 4.68. The maximum Gasteiger partial charge on any atom is 0.225 e. The highest BCUT2D eigenvalue weighted by molar-refractivity contribution is 5.82. The Labute approximate surface area is 158 Å². The average molecular weight is 364 g/mol. The Balaban J connectivity index is 1.57. The summed E-state index contributed by atoms with van der Waals surface area (Å²) in [6.45, 7) is 3.11. The molecule has 1 aromatic heterocycles. The number of aryl methyl sites for hydroxylation is 1. The number of carbonyl (C=O) groups is 1. The van der Waals surface area contributed by atoms with Crippen molar-refractivity contribution < 1.29 is 9.90 Å². The molecular formula is C21H24N4O2. The Morgan fingerprint density at radius 2 is 2.11 bits per heavy atom. The Bertz CT molecular complexity index is 953. The van der Waals surface area contributed by atoms with Crippen molar-refractivity contribution in [3.8, 4) is 0 Å². The zero-order chi connectivity index (χ0) is 18.9. The fourth-order valence-corrected chi connectivity index (χ4v) is 3.93. The van der Waals surface area contributed by atoms with Gasteiger partial charge in [0.25, 0.3) is 0 Å². The largest absolute Gasteiger partial charge is 0.389 e. The summed E-state index contributed by atoms with van der Waals surface area (Å²) >= 11 is 0. The number of benzene rings is 2. The summed E-state index contributed by atoms with van der Waals surface area (Å²) in [6, 6.07) is 15.6. The summed E-state index contributed by atoms with van der Waals surface area (Å²) in [5.41, 5.74) is 2.91. The number of fused-ring (bicyclic) bond motifs is 1. The van der Waals surface area contributed by atoms with Crippen molar-refractivity contribution in [1.82, 2.24) is 20.6 Å². The summed E-state index contributed by atoms with van der Waals surface area (Å²) in [7, 11) is 0. The van der Waals surface area contributed by atoms with E-state index in [4.69, 9.17) is 0 Å². The van der Waals surface area contributed by atoms with E-state index in [1.807, 2.05) is 55.5 Å². The van der Waals surface area contributed by atoms with Crippen LogP contribution in [0.5, 0.6) is 0 Å². The number of aromatic nitrogens is 2. The summed E-state index contributed by atoms with van der Waals surface area (Å²) < 4.78 is 0. The molecule has 1 aliphatic heterocycles. The number of hydrogen-bond donors (Lipinski definition) is 4. The van der Waals surface area contributed by atoms with Crippen LogP contribution in [-0.4, -0.2) is 40.2 Å². The third kappa shape index (κ3) is 3.46. The van der Waals surface area contributed by atoms with E-state index in [1.54, 1.807) is 0 Å². The molecule has 1 saturated heterocycles. The third-order valence-corrected chi connectivity index (χ3v) is 5.28. The van der Waals surface area contributed by atoms with Crippen molar-refractivity contribution in [3.05, 3.63) is 65.5 Å². The fourth-order valence-electron chi connectivity index (χ4n) is 3.93. The lowest BCUT2D eigenvalue weighted by molar-refractivity contribution is -0.125. The normalized spacial score (nSPS) is 22.7. The van der Waals surface area contributed by atoms with Crippen LogP contribution in [0, 0.1) is 6.92 Å². The molecular weight excluding hydrogens is 340 g/mol. The lowest BCUT2D eigenvalue weighted by Crippen LogP contribution is -2.61. The van der Waals surface area contributed by atoms with E-state index in [1.165, 1.54) is 0 Å². The van der Waals surface area contributed by atoms with Crippen molar-refractivity contribution in [1.29, 1.82) is 0 Å². The van der Waals surface area contributed by atoms with E-state index in [0.717, 1.165) is 34.5 Å². The van der Waals surface area contributed by atoms with E-state index in [-0.39, 0.29) is 12.3 Å². The molecule has 140 valence electrons. The molecule has 3 aromatic rings. The van der Waals surface area contributed by atoms with E-state index in [0.29, 0.717) is 13.0 Å². The van der Waals surface area contributed by atoms with Crippen molar-refractivity contribution in [2.45, 2.75) is 31.4 Å². The molecule has 2 atom stereocenters. The average Bonchev–Trinajstić information content (AvgIpc) is 3.03. The summed E-state index contributed by atoms with van der Waals surface area (Å²) in [6.07, 6.45) is 0.209. The second-order valence-electron chi connectivity index (χ2n) is 7.21. The summed E-state index contributed by atoms with van der Waals surface area (Å²) in [5.74, 6) is 0.753. The van der Waals surface area contributed by atoms with Gasteiger partial charge in [-0.15, -0.1) is 0 Å². The number of carbonyl (C=O) groups excluding carboxylic acids is 1. The van der Waals surface area contributed by atoms with Crippen LogP contribution in [0.25, 0.3) is 11.0 Å². The van der Waals surface area contributed by atoms with Crippen molar-refractivity contribution >= 4 is 16.9 Å². The van der Waals surface area contributed by atoms with Gasteiger partial charge in [-0.05, 0) is 43.1 Å². The molecule has 1 amide bonds. The molecule has 4 rings (SSSR count). The zero-order valence-corrected chi connectivity index (χ0v) is 15.3. The van der Waals surface area contributed by atoms with Crippen molar-refractivity contribution in [2.24, 2.45) is 0 Å². The van der Waals surface area contributed by atoms with E-state index >= 15 is 0 Å². The number of rotatable bonds is 4. The monoisotopic (exact) mass is 364 g/mol. The molecule has 6 heteroatoms. The number of amides is 1. The first-order valence-electron chi connectivity index (χ1n) is 9.27. The molecule has 4 N–H and O–H groups in total. The number of nitrogens with zero attached hydrogens (tertiary/aromatic N) is 1. The lowest BCUT2D eigenvalue weighted by atomic mass is 9.79. The van der Waals surface area contributed by atoms with Crippen LogP contribution in [0.4, 0.5) is 0 Å². The standard InChI is InChI=1S/C21H24N4O2/c1-14-23-17-8-7-15(11-18(17)24-14)12-20(27)25-21(9-10-22-13-19(21)26)16-5-3-2-4-6-16/h2-8,11,19,22,26H,9-10,12-13H2,1H3,(H,23,24)(H,25,27)/t19-,21+/m1/s1. The van der Waals surface area contributed by atoms with Gasteiger partial charge in [0.1, 0.15) is 5.82 Å². The maximum absolute atomic E-state index is 12.9. The van der Waals surface area contributed by atoms with Crippen molar-refractivity contribution in [3.63, 3.8) is 0 Å². The smallest absolute Gasteiger partial charge is 0.225 e. The van der Waals surface area contributed by atoms with Gasteiger partial charge < -0.3 is 20.7 Å². The molecule has 2 heterocycles. The number of β-amino-alcohol motifs (C(OH)–C–C–N with tert-alkyl or cyclic N) is 1. The molecule has 0 unspecified atom stereocenters. The van der Waals surface area contributed by atoms with Gasteiger partial charge in [0.15, 0.2) is 0 Å². The maximum atomic E-state index is 12.9. The first kappa shape index (κ1) is 17.7. The number of nitrogens with one attached hydrogen (secondary N) is 3. The van der Waals surface area contributed by atoms with Gasteiger partial charge in [0, 0.05) is 6.54 Å². The number of aliphatic hydroxyl groups is 1. The Morgan fingerprint density at radius 3 is 2.89 bits per heavy atom. The van der Waals surface area contributed by atoms with Gasteiger partial charge in [-0.2, -0.15) is 0 Å². The SMILES string of the molecule is Cc1nc2ccc(CC(=O)N[C@]3(c4ccccc4)CCNC[C@H]3O)cc2[nH]1. The van der Waals surface area contributed by atoms with Gasteiger partial charge in [0.2, 0.25) is 5.91 Å². The third-order valence-electron chi connectivity index (χ3n) is 5.28. The number of H-pyrrole nitrogens is 1. The Hall–Kier alpha value is -2.70. The van der Waals surface area contributed by atoms with Crippen molar-refractivity contribution in [2.75, 3.05) is 13.1 Å². The summed E-state index contributed by atoms with van der Waals surface area (Å²) in [4.78, 5) is 20.5. The molecule has 2 aromatic carbocycles. The predicted molar refractivity (Wildman–Crippen MR) is 104 cm³/mol. The minimum Gasteiger partial charge on any atom is -0.389 e. The predicted octanol–water partition coefficient (Wildman–Crippen LogP) is 1.78. The molecule has 0 spiro atoms. The van der Waals surface area contributed by atoms with Gasteiger partial charge in [-0.25, -0.2) is 4.98 Å².